The number of rotatable bonds is 4. The van der Waals surface area contributed by atoms with Crippen molar-refractivity contribution in [2.45, 2.75) is 25.3 Å². The monoisotopic (exact) mass is 193 g/mol. The van der Waals surface area contributed by atoms with Gasteiger partial charge >= 0.3 is 0 Å². The highest BCUT2D eigenvalue weighted by Gasteiger charge is 2.43. The molecule has 1 aromatic rings. The van der Waals surface area contributed by atoms with Gasteiger partial charge in [0.2, 0.25) is 0 Å². The summed E-state index contributed by atoms with van der Waals surface area (Å²) in [4.78, 5) is 3.28. The van der Waals surface area contributed by atoms with Gasteiger partial charge in [0, 0.05) is 17.3 Å². The largest absolute Gasteiger partial charge is 0.364 e. The molecule has 1 atom stereocenters. The lowest BCUT2D eigenvalue weighted by Gasteiger charge is -2.46. The normalized spacial score (nSPS) is 21.6. The Morgan fingerprint density at radius 2 is 2.43 bits per heavy atom. The van der Waals surface area contributed by atoms with E-state index in [0.29, 0.717) is 11.5 Å². The zero-order chi connectivity index (χ0) is 10.0. The van der Waals surface area contributed by atoms with Gasteiger partial charge < -0.3 is 16.0 Å². The van der Waals surface area contributed by atoms with E-state index in [1.165, 1.54) is 25.0 Å². The summed E-state index contributed by atoms with van der Waals surface area (Å²) in [6, 6.07) is 4.57. The topological polar surface area (TPSA) is 53.8 Å². The van der Waals surface area contributed by atoms with Crippen molar-refractivity contribution in [2.75, 3.05) is 13.6 Å². The first kappa shape index (κ1) is 9.74. The average molecular weight is 193 g/mol. The minimum absolute atomic E-state index is 0.291. The lowest BCUT2D eigenvalue weighted by atomic mass is 9.63. The van der Waals surface area contributed by atoms with Crippen LogP contribution in [-0.4, -0.2) is 18.6 Å². The van der Waals surface area contributed by atoms with Crippen molar-refractivity contribution in [1.82, 2.24) is 10.3 Å². The van der Waals surface area contributed by atoms with Crippen molar-refractivity contribution in [3.05, 3.63) is 24.0 Å². The summed E-state index contributed by atoms with van der Waals surface area (Å²) >= 11 is 0. The first-order valence-corrected chi connectivity index (χ1v) is 5.33. The maximum atomic E-state index is 5.90. The highest BCUT2D eigenvalue weighted by Crippen LogP contribution is 2.48. The number of aromatic nitrogens is 1. The van der Waals surface area contributed by atoms with Crippen LogP contribution in [0.2, 0.25) is 0 Å². The molecule has 2 rings (SSSR count). The predicted molar refractivity (Wildman–Crippen MR) is 57.9 cm³/mol. The Balaban J connectivity index is 2.20. The van der Waals surface area contributed by atoms with Gasteiger partial charge in [0.1, 0.15) is 0 Å². The molecule has 0 spiro atoms. The molecule has 1 aliphatic carbocycles. The molecule has 1 aliphatic rings. The summed E-state index contributed by atoms with van der Waals surface area (Å²) < 4.78 is 0. The fraction of sp³-hybridized carbons (Fsp3) is 0.636. The standard InChI is InChI=1S/C11H19N3/c1-13-10(9-4-2-7-14-9)11(8-12)5-3-6-11/h2,4,7,10,13-14H,3,5-6,8,12H2,1H3. The van der Waals surface area contributed by atoms with Gasteiger partial charge in [-0.05, 0) is 38.6 Å². The highest BCUT2D eigenvalue weighted by molar-refractivity contribution is 5.15. The second-order valence-corrected chi connectivity index (χ2v) is 4.27. The van der Waals surface area contributed by atoms with Crippen molar-refractivity contribution in [3.63, 3.8) is 0 Å². The number of aromatic amines is 1. The van der Waals surface area contributed by atoms with Gasteiger partial charge in [0.25, 0.3) is 0 Å². The number of nitrogens with two attached hydrogens (primary N) is 1. The van der Waals surface area contributed by atoms with E-state index in [9.17, 15) is 0 Å². The molecule has 3 heteroatoms. The Labute approximate surface area is 85.1 Å². The summed E-state index contributed by atoms with van der Waals surface area (Å²) in [7, 11) is 2.02. The number of nitrogens with one attached hydrogen (secondary N) is 2. The number of hydrogen-bond donors (Lipinski definition) is 3. The van der Waals surface area contributed by atoms with Gasteiger partial charge in [0.05, 0.1) is 6.04 Å². The zero-order valence-corrected chi connectivity index (χ0v) is 8.72. The Morgan fingerprint density at radius 3 is 2.79 bits per heavy atom. The lowest BCUT2D eigenvalue weighted by Crippen LogP contribution is -2.47. The Kier molecular flexibility index (Phi) is 2.61. The number of H-pyrrole nitrogens is 1. The van der Waals surface area contributed by atoms with Gasteiger partial charge in [-0.2, -0.15) is 0 Å². The molecule has 0 saturated heterocycles. The van der Waals surface area contributed by atoms with Gasteiger partial charge in [-0.3, -0.25) is 0 Å². The Morgan fingerprint density at radius 1 is 1.64 bits per heavy atom. The molecular weight excluding hydrogens is 174 g/mol. The van der Waals surface area contributed by atoms with Crippen molar-refractivity contribution in [3.8, 4) is 0 Å². The van der Waals surface area contributed by atoms with Crippen LogP contribution in [0, 0.1) is 5.41 Å². The average Bonchev–Trinajstić information content (AvgIpc) is 2.63. The lowest BCUT2D eigenvalue weighted by molar-refractivity contribution is 0.0861. The molecule has 0 amide bonds. The molecule has 1 aromatic heterocycles. The Bertz CT molecular complexity index is 269. The third kappa shape index (κ3) is 1.37. The van der Waals surface area contributed by atoms with E-state index in [2.05, 4.69) is 16.4 Å². The van der Waals surface area contributed by atoms with E-state index < -0.39 is 0 Å². The van der Waals surface area contributed by atoms with Crippen LogP contribution in [-0.2, 0) is 0 Å². The Hall–Kier alpha value is -0.800. The van der Waals surface area contributed by atoms with Crippen molar-refractivity contribution < 1.29 is 0 Å². The van der Waals surface area contributed by atoms with Crippen LogP contribution in [0.3, 0.4) is 0 Å². The first-order valence-electron chi connectivity index (χ1n) is 5.33. The van der Waals surface area contributed by atoms with Crippen LogP contribution in [0.15, 0.2) is 18.3 Å². The summed E-state index contributed by atoms with van der Waals surface area (Å²) in [5.41, 5.74) is 7.45. The smallest absolute Gasteiger partial charge is 0.0539 e. The molecule has 1 unspecified atom stereocenters. The summed E-state index contributed by atoms with van der Waals surface area (Å²) in [5, 5.41) is 3.39. The fourth-order valence-electron chi connectivity index (χ4n) is 2.56. The molecule has 0 aromatic carbocycles. The minimum Gasteiger partial charge on any atom is -0.364 e. The third-order valence-electron chi connectivity index (χ3n) is 3.59. The van der Waals surface area contributed by atoms with Crippen molar-refractivity contribution in [1.29, 1.82) is 0 Å². The van der Waals surface area contributed by atoms with Crippen molar-refractivity contribution in [2.24, 2.45) is 11.1 Å². The van der Waals surface area contributed by atoms with Gasteiger partial charge in [0.15, 0.2) is 0 Å². The SMILES string of the molecule is CNC(c1ccc[nH]1)C1(CN)CCC1. The molecular formula is C11H19N3. The van der Waals surface area contributed by atoms with Crippen LogP contribution in [0.4, 0.5) is 0 Å². The molecule has 1 heterocycles. The van der Waals surface area contributed by atoms with Crippen LogP contribution < -0.4 is 11.1 Å². The molecule has 1 saturated carbocycles. The van der Waals surface area contributed by atoms with E-state index in [1.54, 1.807) is 0 Å². The fourth-order valence-corrected chi connectivity index (χ4v) is 2.56. The second-order valence-electron chi connectivity index (χ2n) is 4.27. The molecule has 14 heavy (non-hydrogen) atoms. The molecule has 0 radical (unpaired) electrons. The van der Waals surface area contributed by atoms with Crippen molar-refractivity contribution >= 4 is 0 Å². The van der Waals surface area contributed by atoms with Gasteiger partial charge in [-0.25, -0.2) is 0 Å². The first-order chi connectivity index (χ1) is 6.82. The summed E-state index contributed by atoms with van der Waals surface area (Å²) in [5.74, 6) is 0. The quantitative estimate of drug-likeness (QED) is 0.677. The molecule has 4 N–H and O–H groups in total. The van der Waals surface area contributed by atoms with Crippen LogP contribution >= 0.6 is 0 Å². The summed E-state index contributed by atoms with van der Waals surface area (Å²) in [6.07, 6.45) is 5.78. The molecule has 0 bridgehead atoms. The van der Waals surface area contributed by atoms with E-state index in [0.717, 1.165) is 6.54 Å². The summed E-state index contributed by atoms with van der Waals surface area (Å²) in [6.45, 7) is 0.775. The van der Waals surface area contributed by atoms with E-state index in [4.69, 9.17) is 5.73 Å². The predicted octanol–water partition coefficient (Wildman–Crippen LogP) is 1.40. The third-order valence-corrected chi connectivity index (χ3v) is 3.59. The van der Waals surface area contributed by atoms with Crippen LogP contribution in [0.1, 0.15) is 31.0 Å². The highest BCUT2D eigenvalue weighted by atomic mass is 15.0. The molecule has 0 aliphatic heterocycles. The van der Waals surface area contributed by atoms with Gasteiger partial charge in [-0.15, -0.1) is 0 Å². The molecule has 1 fully saturated rings. The van der Waals surface area contributed by atoms with E-state index >= 15 is 0 Å². The molecule has 78 valence electrons. The van der Waals surface area contributed by atoms with E-state index in [-0.39, 0.29) is 0 Å². The maximum absolute atomic E-state index is 5.90. The van der Waals surface area contributed by atoms with Gasteiger partial charge in [-0.1, -0.05) is 6.42 Å². The van der Waals surface area contributed by atoms with E-state index in [1.807, 2.05) is 19.3 Å². The minimum atomic E-state index is 0.291. The maximum Gasteiger partial charge on any atom is 0.0539 e. The van der Waals surface area contributed by atoms with Crippen LogP contribution in [0.5, 0.6) is 0 Å². The van der Waals surface area contributed by atoms with Crippen LogP contribution in [0.25, 0.3) is 0 Å². The number of hydrogen-bond acceptors (Lipinski definition) is 2. The zero-order valence-electron chi connectivity index (χ0n) is 8.72. The molecule has 3 nitrogen and oxygen atoms in total. The second kappa shape index (κ2) is 3.75.